The lowest BCUT2D eigenvalue weighted by molar-refractivity contribution is 0.0926. The number of aliphatic hydroxyl groups excluding tert-OH is 1. The summed E-state index contributed by atoms with van der Waals surface area (Å²) in [6.45, 7) is 4.05. The molecule has 1 aromatic carbocycles. The molecule has 8 nitrogen and oxygen atoms in total. The van der Waals surface area contributed by atoms with E-state index in [1.165, 1.54) is 6.07 Å². The molecule has 0 aliphatic heterocycles. The molecular weight excluding hydrogens is 392 g/mol. The average molecular weight is 413 g/mol. The Morgan fingerprint density at radius 1 is 1.41 bits per heavy atom. The molecule has 2 atom stereocenters. The minimum atomic E-state index is -0.743. The Labute approximate surface area is 173 Å². The van der Waals surface area contributed by atoms with Crippen molar-refractivity contribution in [2.45, 2.75) is 39.0 Å². The van der Waals surface area contributed by atoms with Crippen LogP contribution in [0.2, 0.25) is 5.02 Å². The fourth-order valence-corrected chi connectivity index (χ4v) is 3.04. The molecule has 1 amide bonds. The van der Waals surface area contributed by atoms with E-state index in [0.717, 1.165) is 11.3 Å². The van der Waals surface area contributed by atoms with Gasteiger partial charge in [0.15, 0.2) is 0 Å². The van der Waals surface area contributed by atoms with E-state index in [2.05, 4.69) is 20.6 Å². The summed E-state index contributed by atoms with van der Waals surface area (Å²) in [7, 11) is 0. The summed E-state index contributed by atoms with van der Waals surface area (Å²) >= 11 is 6.10. The second-order valence-electron chi connectivity index (χ2n) is 6.69. The highest BCUT2D eigenvalue weighted by molar-refractivity contribution is 6.32. The third-order valence-corrected chi connectivity index (χ3v) is 4.84. The monoisotopic (exact) mass is 412 g/mol. The molecule has 1 unspecified atom stereocenters. The van der Waals surface area contributed by atoms with E-state index in [1.54, 1.807) is 29.8 Å². The Morgan fingerprint density at radius 3 is 2.83 bits per heavy atom. The maximum atomic E-state index is 12.4. The second-order valence-corrected chi connectivity index (χ2v) is 7.10. The Hall–Kier alpha value is -3.15. The maximum Gasteiger partial charge on any atom is 0.269 e. The van der Waals surface area contributed by atoms with Crippen LogP contribution in [0.15, 0.2) is 36.5 Å². The molecular formula is C20H21ClN6O2. The Bertz CT molecular complexity index is 1050. The summed E-state index contributed by atoms with van der Waals surface area (Å²) in [5.41, 5.74) is 2.68. The zero-order valence-electron chi connectivity index (χ0n) is 16.1. The van der Waals surface area contributed by atoms with Gasteiger partial charge in [0.05, 0.1) is 34.6 Å². The summed E-state index contributed by atoms with van der Waals surface area (Å²) in [5.74, 6) is -0.289. The van der Waals surface area contributed by atoms with Crippen molar-refractivity contribution in [2.75, 3.05) is 0 Å². The molecule has 9 heteroatoms. The molecule has 2 heterocycles. The van der Waals surface area contributed by atoms with E-state index in [9.17, 15) is 9.90 Å². The predicted octanol–water partition coefficient (Wildman–Crippen LogP) is 3.06. The fraction of sp³-hybridized carbons (Fsp3) is 0.300. The van der Waals surface area contributed by atoms with E-state index in [4.69, 9.17) is 16.9 Å². The molecule has 0 aliphatic carbocycles. The first-order chi connectivity index (χ1) is 13.9. The molecule has 29 heavy (non-hydrogen) atoms. The standard InChI is InChI=1S/C20H21ClN6O2/c1-3-15(23-20(29)19-9-18(12(2)28)24-25-19)11-27-7-6-17(26-27)13-4-5-14(10-22)16(21)8-13/h4-9,12,15,28H,3,11H2,1-2H3,(H,23,29)(H,24,25)/t12?,15-/m0/s1. The lowest BCUT2D eigenvalue weighted by Crippen LogP contribution is -2.37. The molecule has 3 N–H and O–H groups in total. The fourth-order valence-electron chi connectivity index (χ4n) is 2.82. The third-order valence-electron chi connectivity index (χ3n) is 4.53. The van der Waals surface area contributed by atoms with E-state index in [0.29, 0.717) is 34.9 Å². The molecule has 0 saturated carbocycles. The number of benzene rings is 1. The number of aromatic amines is 1. The van der Waals surface area contributed by atoms with Crippen molar-refractivity contribution in [1.82, 2.24) is 25.3 Å². The smallest absolute Gasteiger partial charge is 0.269 e. The van der Waals surface area contributed by atoms with Gasteiger partial charge in [-0.05, 0) is 37.6 Å². The largest absolute Gasteiger partial charge is 0.387 e. The highest BCUT2D eigenvalue weighted by atomic mass is 35.5. The average Bonchev–Trinajstić information content (AvgIpc) is 3.37. The number of halogens is 1. The van der Waals surface area contributed by atoms with Gasteiger partial charge in [-0.15, -0.1) is 0 Å². The topological polar surface area (TPSA) is 120 Å². The SMILES string of the molecule is CC[C@@H](Cn1ccc(-c2ccc(C#N)c(Cl)c2)n1)NC(=O)c1cc(C(C)O)n[nH]1. The predicted molar refractivity (Wildman–Crippen MR) is 108 cm³/mol. The van der Waals surface area contributed by atoms with Crippen LogP contribution in [0.3, 0.4) is 0 Å². The summed E-state index contributed by atoms with van der Waals surface area (Å²) in [6.07, 6.45) is 1.80. The molecule has 3 rings (SSSR count). The zero-order valence-corrected chi connectivity index (χ0v) is 16.8. The highest BCUT2D eigenvalue weighted by Gasteiger charge is 2.17. The minimum Gasteiger partial charge on any atom is -0.387 e. The molecule has 3 aromatic rings. The number of H-pyrrole nitrogens is 1. The van der Waals surface area contributed by atoms with Crippen molar-refractivity contribution in [3.63, 3.8) is 0 Å². The van der Waals surface area contributed by atoms with Gasteiger partial charge in [-0.3, -0.25) is 14.6 Å². The molecule has 2 aromatic heterocycles. The van der Waals surface area contributed by atoms with Crippen LogP contribution in [0.1, 0.15) is 48.1 Å². The molecule has 0 fully saturated rings. The summed E-state index contributed by atoms with van der Waals surface area (Å²) in [5, 5.41) is 33.0. The lowest BCUT2D eigenvalue weighted by atomic mass is 10.1. The first-order valence-corrected chi connectivity index (χ1v) is 9.56. The van der Waals surface area contributed by atoms with E-state index in [1.807, 2.05) is 25.3 Å². The summed E-state index contributed by atoms with van der Waals surface area (Å²) in [6, 6.07) is 10.5. The van der Waals surface area contributed by atoms with Crippen molar-refractivity contribution in [2.24, 2.45) is 0 Å². The van der Waals surface area contributed by atoms with Gasteiger partial charge < -0.3 is 10.4 Å². The number of carbonyl (C=O) groups excluding carboxylic acids is 1. The van der Waals surface area contributed by atoms with Gasteiger partial charge in [0, 0.05) is 17.8 Å². The van der Waals surface area contributed by atoms with Gasteiger partial charge in [-0.1, -0.05) is 24.6 Å². The lowest BCUT2D eigenvalue weighted by Gasteiger charge is -2.16. The van der Waals surface area contributed by atoms with Gasteiger partial charge in [0.1, 0.15) is 11.8 Å². The highest BCUT2D eigenvalue weighted by Crippen LogP contribution is 2.24. The zero-order chi connectivity index (χ0) is 21.0. The number of hydrogen-bond donors (Lipinski definition) is 3. The van der Waals surface area contributed by atoms with Crippen LogP contribution in [-0.2, 0) is 6.54 Å². The molecule has 0 aliphatic rings. The van der Waals surface area contributed by atoms with Crippen molar-refractivity contribution < 1.29 is 9.90 Å². The number of aliphatic hydroxyl groups is 1. The van der Waals surface area contributed by atoms with E-state index < -0.39 is 6.10 Å². The minimum absolute atomic E-state index is 0.141. The van der Waals surface area contributed by atoms with E-state index >= 15 is 0 Å². The van der Waals surface area contributed by atoms with Gasteiger partial charge in [0.25, 0.3) is 5.91 Å². The molecule has 150 valence electrons. The Morgan fingerprint density at radius 2 is 2.21 bits per heavy atom. The van der Waals surface area contributed by atoms with Crippen molar-refractivity contribution in [3.8, 4) is 17.3 Å². The van der Waals surface area contributed by atoms with Crippen molar-refractivity contribution in [3.05, 3.63) is 58.5 Å². The first kappa shape index (κ1) is 20.6. The number of nitrogens with one attached hydrogen (secondary N) is 2. The third kappa shape index (κ3) is 4.83. The van der Waals surface area contributed by atoms with Crippen LogP contribution in [0.25, 0.3) is 11.3 Å². The summed E-state index contributed by atoms with van der Waals surface area (Å²) in [4.78, 5) is 12.4. The first-order valence-electron chi connectivity index (χ1n) is 9.19. The number of carbonyl (C=O) groups is 1. The number of aromatic nitrogens is 4. The van der Waals surface area contributed by atoms with Crippen LogP contribution in [0.5, 0.6) is 0 Å². The van der Waals surface area contributed by atoms with Crippen molar-refractivity contribution >= 4 is 17.5 Å². The number of nitriles is 1. The Kier molecular flexibility index (Phi) is 6.32. The van der Waals surface area contributed by atoms with Gasteiger partial charge in [-0.25, -0.2) is 0 Å². The second kappa shape index (κ2) is 8.90. The summed E-state index contributed by atoms with van der Waals surface area (Å²) < 4.78 is 1.75. The van der Waals surface area contributed by atoms with Gasteiger partial charge >= 0.3 is 0 Å². The van der Waals surface area contributed by atoms with Crippen LogP contribution >= 0.6 is 11.6 Å². The van der Waals surface area contributed by atoms with Crippen LogP contribution in [0.4, 0.5) is 0 Å². The quantitative estimate of drug-likeness (QED) is 0.550. The van der Waals surface area contributed by atoms with Gasteiger partial charge in [-0.2, -0.15) is 15.5 Å². The Balaban J connectivity index is 1.67. The number of rotatable bonds is 7. The van der Waals surface area contributed by atoms with Crippen LogP contribution in [-0.4, -0.2) is 37.0 Å². The van der Waals surface area contributed by atoms with Crippen LogP contribution in [0, 0.1) is 11.3 Å². The molecule has 0 bridgehead atoms. The maximum absolute atomic E-state index is 12.4. The normalized spacial score (nSPS) is 12.9. The molecule has 0 spiro atoms. The molecule has 0 radical (unpaired) electrons. The van der Waals surface area contributed by atoms with Crippen molar-refractivity contribution in [1.29, 1.82) is 5.26 Å². The molecule has 0 saturated heterocycles. The van der Waals surface area contributed by atoms with Gasteiger partial charge in [0.2, 0.25) is 0 Å². The number of amides is 1. The number of hydrogen-bond acceptors (Lipinski definition) is 5. The number of nitrogens with zero attached hydrogens (tertiary/aromatic N) is 4. The van der Waals surface area contributed by atoms with E-state index in [-0.39, 0.29) is 11.9 Å². The van der Waals surface area contributed by atoms with Crippen LogP contribution < -0.4 is 5.32 Å².